The Morgan fingerprint density at radius 3 is 2.58 bits per heavy atom. The van der Waals surface area contributed by atoms with Crippen LogP contribution >= 0.6 is 11.3 Å². The van der Waals surface area contributed by atoms with Crippen LogP contribution in [0.2, 0.25) is 0 Å². The maximum Gasteiger partial charge on any atom is 0.169 e. The lowest BCUT2D eigenvalue weighted by Gasteiger charge is -2.19. The van der Waals surface area contributed by atoms with Crippen LogP contribution in [0.5, 0.6) is 0 Å². The van der Waals surface area contributed by atoms with Gasteiger partial charge in [-0.3, -0.25) is 0 Å². The maximum absolute atomic E-state index is 5.92. The standard InChI is InChI=1S/C13H21N5S/c1-8(2)12-15-9(7-19-12)6-18-10(13(3,4)5)11(14)16-17-18/h7-8H,6,14H2,1-5H3. The number of thiazole rings is 1. The van der Waals surface area contributed by atoms with Gasteiger partial charge in [0.1, 0.15) is 0 Å². The molecule has 2 N–H and O–H groups in total. The number of anilines is 1. The molecule has 104 valence electrons. The van der Waals surface area contributed by atoms with Crippen LogP contribution in [0.4, 0.5) is 5.82 Å². The first-order valence-corrected chi connectivity index (χ1v) is 7.30. The van der Waals surface area contributed by atoms with E-state index in [1.54, 1.807) is 11.3 Å². The number of aromatic nitrogens is 4. The van der Waals surface area contributed by atoms with Crippen molar-refractivity contribution in [2.24, 2.45) is 0 Å². The summed E-state index contributed by atoms with van der Waals surface area (Å²) >= 11 is 1.69. The summed E-state index contributed by atoms with van der Waals surface area (Å²) in [6, 6.07) is 0. The van der Waals surface area contributed by atoms with E-state index < -0.39 is 0 Å². The minimum atomic E-state index is -0.0789. The second kappa shape index (κ2) is 4.92. The molecule has 0 aliphatic rings. The Bertz CT molecular complexity index is 562. The molecule has 2 heterocycles. The smallest absolute Gasteiger partial charge is 0.169 e. The van der Waals surface area contributed by atoms with Crippen LogP contribution in [0.3, 0.4) is 0 Å². The van der Waals surface area contributed by atoms with Crippen LogP contribution in [0, 0.1) is 0 Å². The van der Waals surface area contributed by atoms with Crippen molar-refractivity contribution in [1.82, 2.24) is 20.0 Å². The minimum Gasteiger partial charge on any atom is -0.381 e. The number of nitrogens with zero attached hydrogens (tertiary/aromatic N) is 4. The van der Waals surface area contributed by atoms with Crippen molar-refractivity contribution < 1.29 is 0 Å². The molecule has 19 heavy (non-hydrogen) atoms. The van der Waals surface area contributed by atoms with E-state index in [9.17, 15) is 0 Å². The van der Waals surface area contributed by atoms with Gasteiger partial charge in [-0.2, -0.15) is 0 Å². The van der Waals surface area contributed by atoms with Crippen LogP contribution in [-0.4, -0.2) is 20.0 Å². The van der Waals surface area contributed by atoms with Crippen molar-refractivity contribution in [3.63, 3.8) is 0 Å². The fourth-order valence-corrected chi connectivity index (χ4v) is 2.85. The second-order valence-corrected chi connectivity index (χ2v) is 6.95. The molecule has 2 rings (SSSR count). The molecular weight excluding hydrogens is 258 g/mol. The first-order valence-electron chi connectivity index (χ1n) is 6.42. The fraction of sp³-hybridized carbons (Fsp3) is 0.615. The number of nitrogen functional groups attached to an aromatic ring is 1. The van der Waals surface area contributed by atoms with Gasteiger partial charge in [-0.25, -0.2) is 9.67 Å². The van der Waals surface area contributed by atoms with E-state index in [4.69, 9.17) is 5.73 Å². The average molecular weight is 279 g/mol. The van der Waals surface area contributed by atoms with Crippen LogP contribution < -0.4 is 5.73 Å². The Kier molecular flexibility index (Phi) is 3.62. The molecule has 0 amide bonds. The number of nitrogens with two attached hydrogens (primary N) is 1. The number of hydrogen-bond donors (Lipinski definition) is 1. The highest BCUT2D eigenvalue weighted by atomic mass is 32.1. The number of rotatable bonds is 3. The Balaban J connectivity index is 2.28. The van der Waals surface area contributed by atoms with E-state index in [1.165, 1.54) is 0 Å². The molecule has 0 aliphatic heterocycles. The zero-order valence-corrected chi connectivity index (χ0v) is 13.0. The van der Waals surface area contributed by atoms with Crippen molar-refractivity contribution in [2.75, 3.05) is 5.73 Å². The van der Waals surface area contributed by atoms with Crippen molar-refractivity contribution >= 4 is 17.2 Å². The van der Waals surface area contributed by atoms with Crippen molar-refractivity contribution in [1.29, 1.82) is 0 Å². The SMILES string of the molecule is CC(C)c1nc(Cn2nnc(N)c2C(C)(C)C)cs1. The minimum absolute atomic E-state index is 0.0789. The molecule has 0 aromatic carbocycles. The fourth-order valence-electron chi connectivity index (χ4n) is 2.02. The molecule has 0 fully saturated rings. The molecule has 0 unspecified atom stereocenters. The average Bonchev–Trinajstić information content (AvgIpc) is 2.85. The lowest BCUT2D eigenvalue weighted by atomic mass is 9.92. The molecule has 0 atom stereocenters. The van der Waals surface area contributed by atoms with Crippen molar-refractivity contribution in [2.45, 2.75) is 52.5 Å². The topological polar surface area (TPSA) is 69.6 Å². The van der Waals surface area contributed by atoms with Gasteiger partial charge in [-0.15, -0.1) is 16.4 Å². The van der Waals surface area contributed by atoms with E-state index >= 15 is 0 Å². The molecule has 0 aliphatic carbocycles. The summed E-state index contributed by atoms with van der Waals surface area (Å²) < 4.78 is 1.86. The first kappa shape index (κ1) is 14.0. The Morgan fingerprint density at radius 2 is 2.05 bits per heavy atom. The van der Waals surface area contributed by atoms with Gasteiger partial charge in [0, 0.05) is 16.7 Å². The Morgan fingerprint density at radius 1 is 1.37 bits per heavy atom. The van der Waals surface area contributed by atoms with Gasteiger partial charge in [0.25, 0.3) is 0 Å². The molecule has 0 saturated heterocycles. The summed E-state index contributed by atoms with van der Waals surface area (Å²) in [7, 11) is 0. The quantitative estimate of drug-likeness (QED) is 0.938. The van der Waals surface area contributed by atoms with Crippen LogP contribution in [-0.2, 0) is 12.0 Å². The predicted octanol–water partition coefficient (Wildman–Crippen LogP) is 2.79. The largest absolute Gasteiger partial charge is 0.381 e. The van der Waals surface area contributed by atoms with E-state index in [0.29, 0.717) is 18.3 Å². The molecule has 0 bridgehead atoms. The molecule has 2 aromatic heterocycles. The third-order valence-electron chi connectivity index (χ3n) is 2.85. The van der Waals surface area contributed by atoms with Crippen LogP contribution in [0.15, 0.2) is 5.38 Å². The van der Waals surface area contributed by atoms with Crippen LogP contribution in [0.25, 0.3) is 0 Å². The highest BCUT2D eigenvalue weighted by Gasteiger charge is 2.24. The van der Waals surface area contributed by atoms with Gasteiger partial charge in [0.05, 0.1) is 22.9 Å². The lowest BCUT2D eigenvalue weighted by molar-refractivity contribution is 0.500. The third-order valence-corrected chi connectivity index (χ3v) is 4.04. The normalized spacial score (nSPS) is 12.3. The zero-order valence-electron chi connectivity index (χ0n) is 12.1. The highest BCUT2D eigenvalue weighted by molar-refractivity contribution is 7.09. The summed E-state index contributed by atoms with van der Waals surface area (Å²) in [4.78, 5) is 4.63. The Hall–Kier alpha value is -1.43. The summed E-state index contributed by atoms with van der Waals surface area (Å²) in [5.41, 5.74) is 7.83. The maximum atomic E-state index is 5.92. The molecule has 0 saturated carbocycles. The van der Waals surface area contributed by atoms with Crippen LogP contribution in [0.1, 0.15) is 56.9 Å². The molecular formula is C13H21N5S. The van der Waals surface area contributed by atoms with Gasteiger partial charge in [-0.05, 0) is 0 Å². The second-order valence-electron chi connectivity index (χ2n) is 6.06. The van der Waals surface area contributed by atoms with Gasteiger partial charge < -0.3 is 5.73 Å². The molecule has 2 aromatic rings. The monoisotopic (exact) mass is 279 g/mol. The van der Waals surface area contributed by atoms with Crippen molar-refractivity contribution in [3.8, 4) is 0 Å². The number of hydrogen-bond acceptors (Lipinski definition) is 5. The van der Waals surface area contributed by atoms with E-state index in [0.717, 1.165) is 16.4 Å². The summed E-state index contributed by atoms with van der Waals surface area (Å²) in [5.74, 6) is 0.966. The van der Waals surface area contributed by atoms with Gasteiger partial charge in [0.15, 0.2) is 5.82 Å². The molecule has 5 nitrogen and oxygen atoms in total. The molecule has 0 radical (unpaired) electrons. The van der Waals surface area contributed by atoms with E-state index in [-0.39, 0.29) is 5.41 Å². The summed E-state index contributed by atoms with van der Waals surface area (Å²) in [6.45, 7) is 11.3. The van der Waals surface area contributed by atoms with Gasteiger partial charge in [-0.1, -0.05) is 39.8 Å². The summed E-state index contributed by atoms with van der Waals surface area (Å²) in [5, 5.41) is 11.4. The van der Waals surface area contributed by atoms with E-state index in [1.807, 2.05) is 4.68 Å². The highest BCUT2D eigenvalue weighted by Crippen LogP contribution is 2.27. The van der Waals surface area contributed by atoms with Crippen molar-refractivity contribution in [3.05, 3.63) is 21.8 Å². The Labute approximate surface area is 117 Å². The zero-order chi connectivity index (χ0) is 14.2. The third kappa shape index (κ3) is 2.94. The van der Waals surface area contributed by atoms with Gasteiger partial charge >= 0.3 is 0 Å². The first-order chi connectivity index (χ1) is 8.79. The van der Waals surface area contributed by atoms with E-state index in [2.05, 4.69) is 55.3 Å². The molecule has 0 spiro atoms. The molecule has 6 heteroatoms. The predicted molar refractivity (Wildman–Crippen MR) is 78.4 cm³/mol. The lowest BCUT2D eigenvalue weighted by Crippen LogP contribution is -2.20. The van der Waals surface area contributed by atoms with Gasteiger partial charge in [0.2, 0.25) is 0 Å². The summed E-state index contributed by atoms with van der Waals surface area (Å²) in [6.07, 6.45) is 0.